The fourth-order valence-electron chi connectivity index (χ4n) is 3.43. The molecule has 6 heteroatoms. The molecule has 0 aromatic heterocycles. The Hall–Kier alpha value is -0.620. The summed E-state index contributed by atoms with van der Waals surface area (Å²) in [6.07, 6.45) is 2.89. The lowest BCUT2D eigenvalue weighted by Crippen LogP contribution is -2.42. The third-order valence-corrected chi connectivity index (χ3v) is 6.63. The third-order valence-electron chi connectivity index (χ3n) is 4.49. The Labute approximate surface area is 133 Å². The fraction of sp³-hybridized carbons (Fsp3) is 0.600. The second-order valence-corrected chi connectivity index (χ2v) is 7.79. The maximum Gasteiger partial charge on any atom is 0.243 e. The van der Waals surface area contributed by atoms with Gasteiger partial charge in [-0.1, -0.05) is 12.1 Å². The van der Waals surface area contributed by atoms with Crippen molar-refractivity contribution >= 4 is 22.4 Å². The lowest BCUT2D eigenvalue weighted by molar-refractivity contribution is 0.334. The predicted octanol–water partition coefficient (Wildman–Crippen LogP) is 2.24. The van der Waals surface area contributed by atoms with E-state index in [1.54, 1.807) is 4.31 Å². The van der Waals surface area contributed by atoms with Crippen LogP contribution in [0.2, 0.25) is 0 Å². The van der Waals surface area contributed by atoms with Crippen molar-refractivity contribution in [2.45, 2.75) is 50.1 Å². The SMILES string of the molecule is Cc1ccc(C)c(S(=O)(=O)N2C3CCNCC2CC3)c1.Cl. The highest BCUT2D eigenvalue weighted by atomic mass is 35.5. The molecule has 1 aromatic carbocycles. The number of nitrogens with one attached hydrogen (secondary N) is 1. The number of halogens is 1. The van der Waals surface area contributed by atoms with Crippen LogP contribution in [0.25, 0.3) is 0 Å². The normalized spacial score (nSPS) is 26.2. The van der Waals surface area contributed by atoms with E-state index in [0.29, 0.717) is 4.90 Å². The number of hydrogen-bond acceptors (Lipinski definition) is 3. The van der Waals surface area contributed by atoms with Gasteiger partial charge >= 0.3 is 0 Å². The summed E-state index contributed by atoms with van der Waals surface area (Å²) in [6.45, 7) is 5.52. The summed E-state index contributed by atoms with van der Waals surface area (Å²) in [5.74, 6) is 0. The average Bonchev–Trinajstić information content (AvgIpc) is 2.66. The molecular weight excluding hydrogens is 308 g/mol. The first kappa shape index (κ1) is 16.7. The molecule has 4 nitrogen and oxygen atoms in total. The molecule has 3 rings (SSSR count). The van der Waals surface area contributed by atoms with Gasteiger partial charge in [-0.25, -0.2) is 8.42 Å². The van der Waals surface area contributed by atoms with Crippen molar-refractivity contribution in [3.05, 3.63) is 29.3 Å². The molecule has 1 aromatic rings. The molecule has 2 atom stereocenters. The van der Waals surface area contributed by atoms with Crippen molar-refractivity contribution in [3.63, 3.8) is 0 Å². The van der Waals surface area contributed by atoms with Crippen LogP contribution in [0, 0.1) is 13.8 Å². The predicted molar refractivity (Wildman–Crippen MR) is 86.5 cm³/mol. The molecule has 2 bridgehead atoms. The van der Waals surface area contributed by atoms with Crippen LogP contribution in [0.4, 0.5) is 0 Å². The molecule has 2 unspecified atom stereocenters. The van der Waals surface area contributed by atoms with Gasteiger partial charge in [-0.3, -0.25) is 0 Å². The molecule has 2 aliphatic rings. The van der Waals surface area contributed by atoms with Crippen LogP contribution in [-0.2, 0) is 10.0 Å². The lowest BCUT2D eigenvalue weighted by atomic mass is 10.1. The van der Waals surface area contributed by atoms with Crippen LogP contribution in [0.5, 0.6) is 0 Å². The molecular formula is C15H23ClN2O2S. The summed E-state index contributed by atoms with van der Waals surface area (Å²) in [7, 11) is -3.38. The lowest BCUT2D eigenvalue weighted by Gasteiger charge is -2.27. The van der Waals surface area contributed by atoms with Gasteiger partial charge in [0.1, 0.15) is 0 Å². The summed E-state index contributed by atoms with van der Waals surface area (Å²) < 4.78 is 27.9. The van der Waals surface area contributed by atoms with Gasteiger partial charge in [0.2, 0.25) is 10.0 Å². The largest absolute Gasteiger partial charge is 0.315 e. The number of nitrogens with zero attached hydrogens (tertiary/aromatic N) is 1. The van der Waals surface area contributed by atoms with Crippen molar-refractivity contribution in [2.24, 2.45) is 0 Å². The number of aryl methyl sites for hydroxylation is 2. The van der Waals surface area contributed by atoms with E-state index in [0.717, 1.165) is 43.5 Å². The van der Waals surface area contributed by atoms with E-state index in [-0.39, 0.29) is 24.5 Å². The Bertz CT molecular complexity index is 604. The van der Waals surface area contributed by atoms with E-state index in [1.165, 1.54) is 0 Å². The fourth-order valence-corrected chi connectivity index (χ4v) is 5.64. The topological polar surface area (TPSA) is 49.4 Å². The van der Waals surface area contributed by atoms with Crippen LogP contribution in [0.1, 0.15) is 30.4 Å². The molecule has 2 aliphatic heterocycles. The minimum atomic E-state index is -3.38. The molecule has 2 saturated heterocycles. The van der Waals surface area contributed by atoms with Gasteiger partial charge in [0.25, 0.3) is 0 Å². The van der Waals surface area contributed by atoms with Crippen molar-refractivity contribution in [1.82, 2.24) is 9.62 Å². The van der Waals surface area contributed by atoms with Gasteiger partial charge in [-0.15, -0.1) is 12.4 Å². The van der Waals surface area contributed by atoms with Crippen LogP contribution < -0.4 is 5.32 Å². The molecule has 1 N–H and O–H groups in total. The zero-order valence-electron chi connectivity index (χ0n) is 12.5. The number of fused-ring (bicyclic) bond motifs is 2. The minimum absolute atomic E-state index is 0. The Kier molecular flexibility index (Phi) is 4.98. The maximum absolute atomic E-state index is 13.1. The zero-order valence-corrected chi connectivity index (χ0v) is 14.1. The Morgan fingerprint density at radius 2 is 1.86 bits per heavy atom. The molecule has 2 heterocycles. The van der Waals surface area contributed by atoms with Crippen molar-refractivity contribution in [3.8, 4) is 0 Å². The Morgan fingerprint density at radius 1 is 1.14 bits per heavy atom. The molecule has 0 aliphatic carbocycles. The highest BCUT2D eigenvalue weighted by Crippen LogP contribution is 2.34. The van der Waals surface area contributed by atoms with E-state index >= 15 is 0 Å². The zero-order chi connectivity index (χ0) is 14.3. The highest BCUT2D eigenvalue weighted by Gasteiger charge is 2.43. The van der Waals surface area contributed by atoms with E-state index in [1.807, 2.05) is 32.0 Å². The van der Waals surface area contributed by atoms with Gasteiger partial charge in [-0.2, -0.15) is 4.31 Å². The van der Waals surface area contributed by atoms with Crippen LogP contribution in [-0.4, -0.2) is 37.9 Å². The first-order valence-electron chi connectivity index (χ1n) is 7.31. The number of hydrogen-bond donors (Lipinski definition) is 1. The van der Waals surface area contributed by atoms with Gasteiger partial charge in [0.15, 0.2) is 0 Å². The first-order valence-corrected chi connectivity index (χ1v) is 8.75. The summed E-state index contributed by atoms with van der Waals surface area (Å²) >= 11 is 0. The van der Waals surface area contributed by atoms with Crippen molar-refractivity contribution in [1.29, 1.82) is 0 Å². The molecule has 0 spiro atoms. The monoisotopic (exact) mass is 330 g/mol. The molecule has 0 saturated carbocycles. The maximum atomic E-state index is 13.1. The molecule has 21 heavy (non-hydrogen) atoms. The smallest absolute Gasteiger partial charge is 0.243 e. The second-order valence-electron chi connectivity index (χ2n) is 5.98. The number of rotatable bonds is 2. The van der Waals surface area contributed by atoms with E-state index in [2.05, 4.69) is 5.32 Å². The third kappa shape index (κ3) is 2.97. The summed E-state index contributed by atoms with van der Waals surface area (Å²) in [5.41, 5.74) is 1.83. The van der Waals surface area contributed by atoms with Crippen molar-refractivity contribution < 1.29 is 8.42 Å². The molecule has 118 valence electrons. The van der Waals surface area contributed by atoms with Gasteiger partial charge in [-0.05, 0) is 56.8 Å². The van der Waals surface area contributed by atoms with E-state index < -0.39 is 10.0 Å². The number of benzene rings is 1. The van der Waals surface area contributed by atoms with Gasteiger partial charge in [0.05, 0.1) is 4.90 Å². The van der Waals surface area contributed by atoms with Crippen LogP contribution >= 0.6 is 12.4 Å². The summed E-state index contributed by atoms with van der Waals surface area (Å²) in [5, 5.41) is 3.35. The molecule has 0 radical (unpaired) electrons. The molecule has 2 fully saturated rings. The van der Waals surface area contributed by atoms with Crippen LogP contribution in [0.15, 0.2) is 23.1 Å². The number of sulfonamides is 1. The first-order chi connectivity index (χ1) is 9.50. The molecule has 0 amide bonds. The van der Waals surface area contributed by atoms with Crippen LogP contribution in [0.3, 0.4) is 0 Å². The van der Waals surface area contributed by atoms with E-state index in [4.69, 9.17) is 0 Å². The summed E-state index contributed by atoms with van der Waals surface area (Å²) in [4.78, 5) is 0.483. The summed E-state index contributed by atoms with van der Waals surface area (Å²) in [6, 6.07) is 5.96. The van der Waals surface area contributed by atoms with E-state index in [9.17, 15) is 8.42 Å². The minimum Gasteiger partial charge on any atom is -0.315 e. The standard InChI is InChI=1S/C15H22N2O2S.ClH/c1-11-3-4-12(2)15(9-11)20(18,19)17-13-5-6-14(17)10-16-8-7-13;/h3-4,9,13-14,16H,5-8,10H2,1-2H3;1H. The highest BCUT2D eigenvalue weighted by molar-refractivity contribution is 7.89. The second kappa shape index (κ2) is 6.24. The quantitative estimate of drug-likeness (QED) is 0.904. The van der Waals surface area contributed by atoms with Gasteiger partial charge in [0, 0.05) is 18.6 Å². The van der Waals surface area contributed by atoms with Crippen molar-refractivity contribution in [2.75, 3.05) is 13.1 Å². The Balaban J connectivity index is 0.00000161. The average molecular weight is 331 g/mol. The van der Waals surface area contributed by atoms with Gasteiger partial charge < -0.3 is 5.32 Å². The Morgan fingerprint density at radius 3 is 2.62 bits per heavy atom.